The summed E-state index contributed by atoms with van der Waals surface area (Å²) in [5.74, 6) is 0.515. The summed E-state index contributed by atoms with van der Waals surface area (Å²) in [6.07, 6.45) is 3.16. The number of rotatable bonds is 2. The molecule has 1 aromatic rings. The SMILES string of the molecule is CN=C1S/C(=C\c2cc3c(cc2C)N(C(C)C)C(C)(C)C[C@H]3C)C(=O)N1C. The molecule has 1 aromatic carbocycles. The Balaban J connectivity index is 2.09. The summed E-state index contributed by atoms with van der Waals surface area (Å²) in [7, 11) is 3.51. The highest BCUT2D eigenvalue weighted by Gasteiger charge is 2.38. The van der Waals surface area contributed by atoms with Gasteiger partial charge in [-0.1, -0.05) is 6.92 Å². The van der Waals surface area contributed by atoms with E-state index >= 15 is 0 Å². The zero-order valence-corrected chi connectivity index (χ0v) is 18.6. The molecule has 1 saturated heterocycles. The van der Waals surface area contributed by atoms with Gasteiger partial charge in [-0.05, 0) is 93.6 Å². The standard InChI is InChI=1S/C22H31N3OS/c1-13(2)25-18-9-14(3)16(10-17(18)15(4)12-22(25,5)6)11-19-20(26)24(8)21(23-7)27-19/h9-11,13,15H,12H2,1-8H3/b19-11-,23-21?/t15-/m1/s1. The predicted octanol–water partition coefficient (Wildman–Crippen LogP) is 5.03. The second-order valence-corrected chi connectivity index (χ2v) is 9.64. The number of anilines is 1. The zero-order valence-electron chi connectivity index (χ0n) is 17.8. The number of amidine groups is 1. The fourth-order valence-electron chi connectivity index (χ4n) is 4.64. The Kier molecular flexibility index (Phi) is 5.19. The van der Waals surface area contributed by atoms with E-state index < -0.39 is 0 Å². The van der Waals surface area contributed by atoms with Crippen LogP contribution in [0.5, 0.6) is 0 Å². The average Bonchev–Trinajstić information content (AvgIpc) is 2.82. The smallest absolute Gasteiger partial charge is 0.266 e. The Morgan fingerprint density at radius 1 is 1.33 bits per heavy atom. The van der Waals surface area contributed by atoms with Crippen LogP contribution in [-0.2, 0) is 4.79 Å². The first-order chi connectivity index (χ1) is 12.6. The fourth-order valence-corrected chi connectivity index (χ4v) is 5.56. The molecule has 1 amide bonds. The van der Waals surface area contributed by atoms with Gasteiger partial charge in [-0.2, -0.15) is 0 Å². The fraction of sp³-hybridized carbons (Fsp3) is 0.545. The first kappa shape index (κ1) is 20.0. The van der Waals surface area contributed by atoms with Gasteiger partial charge in [-0.3, -0.25) is 14.7 Å². The summed E-state index contributed by atoms with van der Waals surface area (Å²) in [6.45, 7) is 13.7. The van der Waals surface area contributed by atoms with Crippen molar-refractivity contribution in [2.24, 2.45) is 4.99 Å². The maximum Gasteiger partial charge on any atom is 0.266 e. The first-order valence-corrected chi connectivity index (χ1v) is 10.5. The van der Waals surface area contributed by atoms with E-state index in [2.05, 4.69) is 63.6 Å². The molecule has 2 heterocycles. The number of hydrogen-bond donors (Lipinski definition) is 0. The second-order valence-electron chi connectivity index (χ2n) is 8.63. The number of aryl methyl sites for hydroxylation is 1. The van der Waals surface area contributed by atoms with Crippen molar-refractivity contribution in [2.45, 2.75) is 65.5 Å². The number of hydrogen-bond acceptors (Lipinski definition) is 4. The topological polar surface area (TPSA) is 35.9 Å². The number of nitrogens with zero attached hydrogens (tertiary/aromatic N) is 3. The van der Waals surface area contributed by atoms with Crippen LogP contribution >= 0.6 is 11.8 Å². The number of thioether (sulfide) groups is 1. The Bertz CT molecular complexity index is 838. The number of carbonyl (C=O) groups is 1. The normalized spacial score (nSPS) is 25.1. The lowest BCUT2D eigenvalue weighted by molar-refractivity contribution is -0.121. The number of amides is 1. The molecule has 0 spiro atoms. The van der Waals surface area contributed by atoms with Crippen LogP contribution in [0.2, 0.25) is 0 Å². The molecule has 0 unspecified atom stereocenters. The van der Waals surface area contributed by atoms with Crippen molar-refractivity contribution in [3.63, 3.8) is 0 Å². The molecule has 0 bridgehead atoms. The van der Waals surface area contributed by atoms with Gasteiger partial charge in [0, 0.05) is 31.4 Å². The van der Waals surface area contributed by atoms with Crippen molar-refractivity contribution in [2.75, 3.05) is 19.0 Å². The number of benzene rings is 1. The molecule has 0 aromatic heterocycles. The lowest BCUT2D eigenvalue weighted by atomic mass is 9.78. The van der Waals surface area contributed by atoms with Crippen LogP contribution in [0.3, 0.4) is 0 Å². The van der Waals surface area contributed by atoms with E-state index in [0.29, 0.717) is 12.0 Å². The molecule has 2 aliphatic rings. The highest BCUT2D eigenvalue weighted by molar-refractivity contribution is 8.18. The highest BCUT2D eigenvalue weighted by atomic mass is 32.2. The maximum atomic E-state index is 12.5. The third kappa shape index (κ3) is 3.42. The summed E-state index contributed by atoms with van der Waals surface area (Å²) in [6, 6.07) is 5.04. The number of fused-ring (bicyclic) bond motifs is 1. The van der Waals surface area contributed by atoms with Crippen LogP contribution in [0, 0.1) is 6.92 Å². The number of carbonyl (C=O) groups excluding carboxylic acids is 1. The van der Waals surface area contributed by atoms with Gasteiger partial charge in [0.25, 0.3) is 5.91 Å². The predicted molar refractivity (Wildman–Crippen MR) is 118 cm³/mol. The quantitative estimate of drug-likeness (QED) is 0.670. The van der Waals surface area contributed by atoms with Crippen LogP contribution in [0.1, 0.15) is 63.6 Å². The Labute approximate surface area is 167 Å². The van der Waals surface area contributed by atoms with Gasteiger partial charge in [-0.15, -0.1) is 0 Å². The van der Waals surface area contributed by atoms with E-state index in [0.717, 1.165) is 22.1 Å². The minimum Gasteiger partial charge on any atom is -0.364 e. The molecule has 0 saturated carbocycles. The molecule has 0 aliphatic carbocycles. The van der Waals surface area contributed by atoms with Crippen molar-refractivity contribution in [1.29, 1.82) is 0 Å². The second kappa shape index (κ2) is 7.01. The van der Waals surface area contributed by atoms with Gasteiger partial charge in [0.2, 0.25) is 0 Å². The largest absolute Gasteiger partial charge is 0.364 e. The summed E-state index contributed by atoms with van der Waals surface area (Å²) in [4.78, 5) is 21.6. The third-order valence-corrected chi connectivity index (χ3v) is 6.81. The molecular formula is C22H31N3OS. The Morgan fingerprint density at radius 2 is 2.00 bits per heavy atom. The van der Waals surface area contributed by atoms with Crippen molar-refractivity contribution >= 4 is 34.6 Å². The zero-order chi connectivity index (χ0) is 20.1. The van der Waals surface area contributed by atoms with Crippen LogP contribution in [0.25, 0.3) is 6.08 Å². The minimum absolute atomic E-state index is 0.0238. The van der Waals surface area contributed by atoms with Gasteiger partial charge in [0.15, 0.2) is 5.17 Å². The van der Waals surface area contributed by atoms with E-state index in [1.165, 1.54) is 28.6 Å². The Hall–Kier alpha value is -1.75. The maximum absolute atomic E-state index is 12.5. The van der Waals surface area contributed by atoms with E-state index in [1.807, 2.05) is 6.08 Å². The third-order valence-electron chi connectivity index (χ3n) is 5.66. The molecule has 0 N–H and O–H groups in total. The molecular weight excluding hydrogens is 354 g/mol. The average molecular weight is 386 g/mol. The van der Waals surface area contributed by atoms with Crippen LogP contribution in [0.4, 0.5) is 5.69 Å². The van der Waals surface area contributed by atoms with Gasteiger partial charge in [0.05, 0.1) is 4.91 Å². The van der Waals surface area contributed by atoms with Crippen LogP contribution in [-0.4, -0.2) is 41.7 Å². The molecule has 3 rings (SSSR count). The van der Waals surface area contributed by atoms with Crippen molar-refractivity contribution < 1.29 is 4.79 Å². The van der Waals surface area contributed by atoms with Crippen molar-refractivity contribution in [3.05, 3.63) is 33.7 Å². The number of likely N-dealkylation sites (N-methyl/N-ethyl adjacent to an activating group) is 1. The summed E-state index contributed by atoms with van der Waals surface area (Å²) >= 11 is 1.45. The van der Waals surface area contributed by atoms with E-state index in [1.54, 1.807) is 19.0 Å². The first-order valence-electron chi connectivity index (χ1n) is 9.65. The highest BCUT2D eigenvalue weighted by Crippen LogP contribution is 2.46. The lowest BCUT2D eigenvalue weighted by Crippen LogP contribution is -2.51. The van der Waals surface area contributed by atoms with E-state index in [9.17, 15) is 4.79 Å². The van der Waals surface area contributed by atoms with Gasteiger partial charge in [0.1, 0.15) is 0 Å². The molecule has 146 valence electrons. The van der Waals surface area contributed by atoms with Crippen molar-refractivity contribution in [1.82, 2.24) is 4.90 Å². The molecule has 2 aliphatic heterocycles. The number of aliphatic imine (C=N–C) groups is 1. The lowest BCUT2D eigenvalue weighted by Gasteiger charge is -2.50. The van der Waals surface area contributed by atoms with Gasteiger partial charge >= 0.3 is 0 Å². The van der Waals surface area contributed by atoms with Crippen LogP contribution in [0.15, 0.2) is 22.0 Å². The molecule has 27 heavy (non-hydrogen) atoms. The molecule has 1 atom stereocenters. The molecule has 1 fully saturated rings. The van der Waals surface area contributed by atoms with Crippen LogP contribution < -0.4 is 4.90 Å². The van der Waals surface area contributed by atoms with E-state index in [-0.39, 0.29) is 11.4 Å². The molecule has 4 nitrogen and oxygen atoms in total. The monoisotopic (exact) mass is 385 g/mol. The molecule has 5 heteroatoms. The minimum atomic E-state index is 0.0238. The van der Waals surface area contributed by atoms with Gasteiger partial charge in [-0.25, -0.2) is 0 Å². The van der Waals surface area contributed by atoms with Gasteiger partial charge < -0.3 is 4.90 Å². The molecule has 0 radical (unpaired) electrons. The summed E-state index contributed by atoms with van der Waals surface area (Å²) < 4.78 is 0. The Morgan fingerprint density at radius 3 is 2.56 bits per heavy atom. The summed E-state index contributed by atoms with van der Waals surface area (Å²) in [5.41, 5.74) is 5.19. The summed E-state index contributed by atoms with van der Waals surface area (Å²) in [5, 5.41) is 0.753. The van der Waals surface area contributed by atoms with E-state index in [4.69, 9.17) is 0 Å². The van der Waals surface area contributed by atoms with Crippen molar-refractivity contribution in [3.8, 4) is 0 Å².